The molecule has 0 saturated heterocycles. The number of hydrogen-bond donors (Lipinski definition) is 1. The summed E-state index contributed by atoms with van der Waals surface area (Å²) in [5, 5.41) is 5.27. The first-order chi connectivity index (χ1) is 21.5. The summed E-state index contributed by atoms with van der Waals surface area (Å²) in [4.78, 5) is 44.9. The molecule has 1 N–H and O–H groups in total. The molecule has 1 atom stereocenters. The van der Waals surface area contributed by atoms with Crippen LogP contribution in [0.15, 0.2) is 91.0 Å². The van der Waals surface area contributed by atoms with Crippen molar-refractivity contribution in [3.05, 3.63) is 108 Å². The highest BCUT2D eigenvalue weighted by atomic mass is 16.5. The lowest BCUT2D eigenvalue weighted by atomic mass is 10.0. The van der Waals surface area contributed by atoms with Gasteiger partial charge in [0.05, 0.1) is 12.8 Å². The third kappa shape index (κ3) is 6.32. The number of carbonyl (C=O) groups is 3. The van der Waals surface area contributed by atoms with E-state index in [0.29, 0.717) is 30.7 Å². The molecule has 0 spiro atoms. The summed E-state index contributed by atoms with van der Waals surface area (Å²) in [6.45, 7) is 0.696. The van der Waals surface area contributed by atoms with E-state index in [4.69, 9.17) is 4.74 Å². The van der Waals surface area contributed by atoms with Crippen LogP contribution in [0.4, 0.5) is 5.69 Å². The molecule has 1 aliphatic heterocycles. The van der Waals surface area contributed by atoms with Gasteiger partial charge in [-0.05, 0) is 60.0 Å². The minimum atomic E-state index is -0.678. The van der Waals surface area contributed by atoms with Gasteiger partial charge in [0.25, 0.3) is 5.91 Å². The predicted octanol–water partition coefficient (Wildman–Crippen LogP) is 6.29. The zero-order valence-electron chi connectivity index (χ0n) is 25.2. The van der Waals surface area contributed by atoms with Crippen molar-refractivity contribution in [3.8, 4) is 5.75 Å². The van der Waals surface area contributed by atoms with Crippen molar-refractivity contribution in [2.75, 3.05) is 18.6 Å². The second-order valence-corrected chi connectivity index (χ2v) is 11.8. The summed E-state index contributed by atoms with van der Waals surface area (Å²) < 4.78 is 5.45. The molecule has 2 aliphatic rings. The van der Waals surface area contributed by atoms with Crippen LogP contribution in [0.2, 0.25) is 0 Å². The molecule has 0 aromatic heterocycles. The van der Waals surface area contributed by atoms with Gasteiger partial charge in [-0.2, -0.15) is 0 Å². The molecule has 0 bridgehead atoms. The molecule has 1 saturated carbocycles. The number of anilines is 1. The van der Waals surface area contributed by atoms with E-state index in [-0.39, 0.29) is 36.7 Å². The van der Waals surface area contributed by atoms with Crippen LogP contribution in [-0.4, -0.2) is 48.4 Å². The average Bonchev–Trinajstić information content (AvgIpc) is 3.66. The Kier molecular flexibility index (Phi) is 8.91. The van der Waals surface area contributed by atoms with E-state index in [1.165, 1.54) is 0 Å². The molecule has 1 heterocycles. The first kappa shape index (κ1) is 29.4. The minimum absolute atomic E-state index is 0.0321. The van der Waals surface area contributed by atoms with Crippen LogP contribution >= 0.6 is 0 Å². The van der Waals surface area contributed by atoms with Crippen molar-refractivity contribution in [2.24, 2.45) is 0 Å². The smallest absolute Gasteiger partial charge is 0.258 e. The number of ether oxygens (including phenoxy) is 1. The van der Waals surface area contributed by atoms with Crippen molar-refractivity contribution in [1.82, 2.24) is 10.2 Å². The lowest BCUT2D eigenvalue weighted by Crippen LogP contribution is -2.52. The molecule has 44 heavy (non-hydrogen) atoms. The maximum absolute atomic E-state index is 14.2. The number of hydrogen-bond acceptors (Lipinski definition) is 4. The van der Waals surface area contributed by atoms with Gasteiger partial charge >= 0.3 is 0 Å². The Hall–Kier alpha value is -4.65. The summed E-state index contributed by atoms with van der Waals surface area (Å²) in [7, 11) is 1.62. The maximum atomic E-state index is 14.2. The Morgan fingerprint density at radius 2 is 1.66 bits per heavy atom. The molecule has 0 radical (unpaired) electrons. The van der Waals surface area contributed by atoms with Gasteiger partial charge in [0.15, 0.2) is 0 Å². The number of nitrogens with one attached hydrogen (secondary N) is 1. The molecular weight excluding hydrogens is 550 g/mol. The SMILES string of the molecule is COc1cccc(CN(C(=O)CCCN2C(=O)c3cccc4cccc2c34)[C@H](Cc2ccccc2)C(=O)NC2CCCC2)c1. The summed E-state index contributed by atoms with van der Waals surface area (Å²) in [5.41, 5.74) is 3.48. The van der Waals surface area contributed by atoms with E-state index in [9.17, 15) is 14.4 Å². The monoisotopic (exact) mass is 589 g/mol. The van der Waals surface area contributed by atoms with Gasteiger partial charge in [-0.3, -0.25) is 14.4 Å². The van der Waals surface area contributed by atoms with Gasteiger partial charge < -0.3 is 19.9 Å². The first-order valence-corrected chi connectivity index (χ1v) is 15.6. The van der Waals surface area contributed by atoms with Gasteiger partial charge in [-0.15, -0.1) is 0 Å². The zero-order valence-corrected chi connectivity index (χ0v) is 25.2. The number of carbonyl (C=O) groups excluding carboxylic acids is 3. The number of rotatable bonds is 12. The highest BCUT2D eigenvalue weighted by Gasteiger charge is 2.33. The van der Waals surface area contributed by atoms with Crippen molar-refractivity contribution < 1.29 is 19.1 Å². The van der Waals surface area contributed by atoms with Gasteiger partial charge in [0, 0.05) is 42.9 Å². The maximum Gasteiger partial charge on any atom is 0.258 e. The number of benzene rings is 4. The van der Waals surface area contributed by atoms with E-state index in [0.717, 1.165) is 53.3 Å². The molecule has 1 aliphatic carbocycles. The standard InChI is InChI=1S/C37H39N3O4/c1-44-30-18-7-13-27(23-30)25-40(33(24-26-11-3-2-4-12-26)36(42)38-29-16-5-6-17-29)34(41)21-10-22-39-32-20-9-15-28-14-8-19-31(35(28)32)37(39)43/h2-4,7-9,11-15,18-20,23,29,33H,5-6,10,16-17,21-22,24-25H2,1H3,(H,38,42)/t33-/m1/s1. The van der Waals surface area contributed by atoms with Crippen molar-refractivity contribution in [2.45, 2.75) is 63.6 Å². The Labute approximate surface area is 258 Å². The lowest BCUT2D eigenvalue weighted by Gasteiger charge is -2.32. The van der Waals surface area contributed by atoms with E-state index >= 15 is 0 Å². The molecule has 6 rings (SSSR count). The summed E-state index contributed by atoms with van der Waals surface area (Å²) >= 11 is 0. The topological polar surface area (TPSA) is 79.0 Å². The fourth-order valence-electron chi connectivity index (χ4n) is 6.62. The van der Waals surface area contributed by atoms with Crippen LogP contribution in [0.5, 0.6) is 5.75 Å². The van der Waals surface area contributed by atoms with Gasteiger partial charge in [-0.1, -0.05) is 79.6 Å². The number of nitrogens with zero attached hydrogens (tertiary/aromatic N) is 2. The summed E-state index contributed by atoms with van der Waals surface area (Å²) in [6.07, 6.45) is 5.24. The highest BCUT2D eigenvalue weighted by Crippen LogP contribution is 2.37. The summed E-state index contributed by atoms with van der Waals surface area (Å²) in [5.74, 6) is 0.438. The van der Waals surface area contributed by atoms with Crippen molar-refractivity contribution >= 4 is 34.2 Å². The Morgan fingerprint density at radius 1 is 0.932 bits per heavy atom. The normalized spacial score (nSPS) is 15.0. The lowest BCUT2D eigenvalue weighted by molar-refractivity contribution is -0.141. The first-order valence-electron chi connectivity index (χ1n) is 15.6. The zero-order chi connectivity index (χ0) is 30.5. The van der Waals surface area contributed by atoms with Crippen LogP contribution < -0.4 is 15.0 Å². The van der Waals surface area contributed by atoms with Crippen LogP contribution in [0.1, 0.15) is 60.0 Å². The number of amides is 3. The molecule has 3 amide bonds. The average molecular weight is 590 g/mol. The summed E-state index contributed by atoms with van der Waals surface area (Å²) in [6, 6.07) is 28.7. The fourth-order valence-corrected chi connectivity index (χ4v) is 6.62. The molecule has 7 heteroatoms. The van der Waals surface area contributed by atoms with Crippen LogP contribution in [0.3, 0.4) is 0 Å². The largest absolute Gasteiger partial charge is 0.497 e. The van der Waals surface area contributed by atoms with E-state index < -0.39 is 6.04 Å². The molecule has 7 nitrogen and oxygen atoms in total. The van der Waals surface area contributed by atoms with E-state index in [1.807, 2.05) is 91.0 Å². The fraction of sp³-hybridized carbons (Fsp3) is 0.324. The third-order valence-corrected chi connectivity index (χ3v) is 8.88. The van der Waals surface area contributed by atoms with Gasteiger partial charge in [0.1, 0.15) is 11.8 Å². The van der Waals surface area contributed by atoms with Crippen molar-refractivity contribution in [1.29, 1.82) is 0 Å². The van der Waals surface area contributed by atoms with Crippen LogP contribution in [0.25, 0.3) is 10.8 Å². The predicted molar refractivity (Wildman–Crippen MR) is 173 cm³/mol. The third-order valence-electron chi connectivity index (χ3n) is 8.88. The second-order valence-electron chi connectivity index (χ2n) is 11.8. The Balaban J connectivity index is 1.24. The Morgan fingerprint density at radius 3 is 2.43 bits per heavy atom. The van der Waals surface area contributed by atoms with Crippen LogP contribution in [0, 0.1) is 0 Å². The van der Waals surface area contributed by atoms with Gasteiger partial charge in [0.2, 0.25) is 11.8 Å². The molecule has 0 unspecified atom stereocenters. The van der Waals surface area contributed by atoms with Crippen LogP contribution in [-0.2, 0) is 22.6 Å². The number of methoxy groups -OCH3 is 1. The van der Waals surface area contributed by atoms with Gasteiger partial charge in [-0.25, -0.2) is 0 Å². The Bertz CT molecular complexity index is 1640. The molecule has 4 aromatic rings. The quantitative estimate of drug-likeness (QED) is 0.211. The minimum Gasteiger partial charge on any atom is -0.497 e. The molecule has 226 valence electrons. The van der Waals surface area contributed by atoms with E-state index in [2.05, 4.69) is 5.32 Å². The van der Waals surface area contributed by atoms with Crippen molar-refractivity contribution in [3.63, 3.8) is 0 Å². The highest BCUT2D eigenvalue weighted by molar-refractivity contribution is 6.25. The van der Waals surface area contributed by atoms with E-state index in [1.54, 1.807) is 16.9 Å². The molecular formula is C37H39N3O4. The molecule has 4 aromatic carbocycles. The second kappa shape index (κ2) is 13.3. The molecule has 1 fully saturated rings.